The number of carbonyl (C=O) groups is 2. The molecule has 0 bridgehead atoms. The molecule has 226 valence electrons. The van der Waals surface area contributed by atoms with Crippen LogP contribution in [0, 0.1) is 0 Å². The third-order valence-electron chi connectivity index (χ3n) is 8.32. The molecule has 3 aromatic rings. The zero-order chi connectivity index (χ0) is 29.9. The normalized spacial score (nSPS) is 18.7. The van der Waals surface area contributed by atoms with Crippen LogP contribution in [0.25, 0.3) is 11.3 Å². The highest BCUT2D eigenvalue weighted by atomic mass is 35.5. The molecule has 2 aromatic heterocycles. The van der Waals surface area contributed by atoms with E-state index in [9.17, 15) is 9.59 Å². The summed E-state index contributed by atoms with van der Waals surface area (Å²) in [5.74, 6) is 0.939. The predicted molar refractivity (Wildman–Crippen MR) is 163 cm³/mol. The second-order valence-corrected chi connectivity index (χ2v) is 11.6. The highest BCUT2D eigenvalue weighted by Gasteiger charge is 2.35. The maximum absolute atomic E-state index is 13.5. The highest BCUT2D eigenvalue weighted by Crippen LogP contribution is 2.32. The molecule has 2 fully saturated rings. The van der Waals surface area contributed by atoms with Crippen LogP contribution in [0.4, 0.5) is 11.8 Å². The van der Waals surface area contributed by atoms with Crippen LogP contribution in [0.2, 0.25) is 5.02 Å². The molecule has 6 rings (SSSR count). The minimum atomic E-state index is -0.663. The molecule has 2 amide bonds. The topological polar surface area (TPSA) is 122 Å². The van der Waals surface area contributed by atoms with Crippen LogP contribution < -0.4 is 15.5 Å². The number of fused-ring (bicyclic) bond motifs is 1. The molecule has 0 saturated carbocycles. The summed E-state index contributed by atoms with van der Waals surface area (Å²) in [7, 11) is 0. The van der Waals surface area contributed by atoms with E-state index in [1.807, 2.05) is 37.3 Å². The molecule has 12 heteroatoms. The number of hydrogen-bond acceptors (Lipinski definition) is 9. The summed E-state index contributed by atoms with van der Waals surface area (Å²) >= 11 is 6.50. The number of rotatable bonds is 8. The summed E-state index contributed by atoms with van der Waals surface area (Å²) in [6.07, 6.45) is 5.10. The van der Waals surface area contributed by atoms with Gasteiger partial charge in [-0.05, 0) is 56.0 Å². The van der Waals surface area contributed by atoms with Gasteiger partial charge in [0.1, 0.15) is 11.9 Å². The van der Waals surface area contributed by atoms with E-state index in [1.165, 1.54) is 0 Å². The molecule has 1 aromatic carbocycles. The van der Waals surface area contributed by atoms with E-state index >= 15 is 0 Å². The molecule has 3 aliphatic heterocycles. The molecule has 2 atom stereocenters. The average molecular weight is 606 g/mol. The Bertz CT molecular complexity index is 1490. The van der Waals surface area contributed by atoms with Crippen molar-refractivity contribution in [3.8, 4) is 11.3 Å². The Kier molecular flexibility index (Phi) is 8.73. The van der Waals surface area contributed by atoms with Gasteiger partial charge in [0.05, 0.1) is 36.2 Å². The quantitative estimate of drug-likeness (QED) is 0.394. The minimum absolute atomic E-state index is 0.198. The van der Waals surface area contributed by atoms with E-state index in [0.29, 0.717) is 55.2 Å². The first-order valence-electron chi connectivity index (χ1n) is 14.8. The van der Waals surface area contributed by atoms with E-state index in [0.717, 1.165) is 48.4 Å². The standard InChI is InChI=1S/C31H36ClN7O4/c1-19(21-5-8-33-27(16-21)38-9-13-43-14-10-38)35-29(40)20(2)39-18-23-4-3-22(15-25(23)30(39)41)28-26(32)17-34-31(37-28)36-24-6-11-42-12-7-24/h3-5,8,15-17,19-20,24H,6-7,9-14,18H2,1-2H3,(H,35,40)(H,34,36,37)/t19-,20?/m1/s1. The number of carbonyl (C=O) groups excluding carboxylic acids is 2. The summed E-state index contributed by atoms with van der Waals surface area (Å²) in [6.45, 7) is 8.36. The van der Waals surface area contributed by atoms with E-state index < -0.39 is 6.04 Å². The smallest absolute Gasteiger partial charge is 0.255 e. The Morgan fingerprint density at radius 2 is 1.81 bits per heavy atom. The van der Waals surface area contributed by atoms with Gasteiger partial charge < -0.3 is 29.9 Å². The van der Waals surface area contributed by atoms with E-state index in [2.05, 4.69) is 30.5 Å². The Labute approximate surface area is 255 Å². The summed E-state index contributed by atoms with van der Waals surface area (Å²) in [4.78, 5) is 44.2. The Balaban J connectivity index is 1.13. The minimum Gasteiger partial charge on any atom is -0.381 e. The Morgan fingerprint density at radius 3 is 2.60 bits per heavy atom. The van der Waals surface area contributed by atoms with Gasteiger partial charge in [-0.2, -0.15) is 0 Å². The fraction of sp³-hybridized carbons (Fsp3) is 0.452. The lowest BCUT2D eigenvalue weighted by Crippen LogP contribution is -2.45. The lowest BCUT2D eigenvalue weighted by atomic mass is 10.0. The van der Waals surface area contributed by atoms with Gasteiger partial charge in [0.2, 0.25) is 11.9 Å². The Morgan fingerprint density at radius 1 is 1.05 bits per heavy atom. The lowest BCUT2D eigenvalue weighted by molar-refractivity contribution is -0.125. The number of ether oxygens (including phenoxy) is 2. The fourth-order valence-corrected chi connectivity index (χ4v) is 5.88. The average Bonchev–Trinajstić information content (AvgIpc) is 3.37. The third kappa shape index (κ3) is 6.43. The van der Waals surface area contributed by atoms with Crippen molar-refractivity contribution >= 4 is 35.2 Å². The van der Waals surface area contributed by atoms with Crippen molar-refractivity contribution in [2.24, 2.45) is 0 Å². The van der Waals surface area contributed by atoms with Gasteiger partial charge in [-0.15, -0.1) is 0 Å². The van der Waals surface area contributed by atoms with Crippen molar-refractivity contribution in [3.05, 3.63) is 64.4 Å². The molecule has 2 N–H and O–H groups in total. The van der Waals surface area contributed by atoms with Crippen molar-refractivity contribution < 1.29 is 19.1 Å². The molecule has 0 aliphatic carbocycles. The van der Waals surface area contributed by atoms with Gasteiger partial charge in [0.25, 0.3) is 5.91 Å². The fourth-order valence-electron chi connectivity index (χ4n) is 5.67. The van der Waals surface area contributed by atoms with Gasteiger partial charge in [-0.25, -0.2) is 15.0 Å². The monoisotopic (exact) mass is 605 g/mol. The lowest BCUT2D eigenvalue weighted by Gasteiger charge is -2.29. The zero-order valence-electron chi connectivity index (χ0n) is 24.4. The number of hydrogen-bond donors (Lipinski definition) is 2. The largest absolute Gasteiger partial charge is 0.381 e. The molecule has 3 aliphatic rings. The predicted octanol–water partition coefficient (Wildman–Crippen LogP) is 3.84. The summed E-state index contributed by atoms with van der Waals surface area (Å²) < 4.78 is 10.9. The highest BCUT2D eigenvalue weighted by molar-refractivity contribution is 6.33. The molecular weight excluding hydrogens is 570 g/mol. The molecule has 1 unspecified atom stereocenters. The molecule has 5 heterocycles. The van der Waals surface area contributed by atoms with Crippen LogP contribution in [-0.4, -0.2) is 83.3 Å². The summed E-state index contributed by atoms with van der Waals surface area (Å²) in [6, 6.07) is 8.84. The zero-order valence-corrected chi connectivity index (χ0v) is 25.1. The molecule has 11 nitrogen and oxygen atoms in total. The van der Waals surface area contributed by atoms with Gasteiger partial charge in [-0.3, -0.25) is 9.59 Å². The number of nitrogens with one attached hydrogen (secondary N) is 2. The molecule has 0 radical (unpaired) electrons. The van der Waals surface area contributed by atoms with Crippen molar-refractivity contribution in [1.82, 2.24) is 25.2 Å². The van der Waals surface area contributed by atoms with Crippen LogP contribution in [0.5, 0.6) is 0 Å². The van der Waals surface area contributed by atoms with Gasteiger partial charge >= 0.3 is 0 Å². The first-order chi connectivity index (χ1) is 20.9. The number of pyridine rings is 1. The number of anilines is 2. The van der Waals surface area contributed by atoms with Gasteiger partial charge in [0.15, 0.2) is 0 Å². The number of amides is 2. The number of halogens is 1. The van der Waals surface area contributed by atoms with Crippen molar-refractivity contribution in [3.63, 3.8) is 0 Å². The van der Waals surface area contributed by atoms with Crippen molar-refractivity contribution in [2.75, 3.05) is 49.7 Å². The van der Waals surface area contributed by atoms with Crippen molar-refractivity contribution in [2.45, 2.75) is 51.4 Å². The summed E-state index contributed by atoms with van der Waals surface area (Å²) in [5, 5.41) is 6.85. The van der Waals surface area contributed by atoms with Crippen LogP contribution >= 0.6 is 11.6 Å². The SMILES string of the molecule is CC(C(=O)N[C@H](C)c1ccnc(N2CCOCC2)c1)N1Cc2ccc(-c3nc(NC4CCOCC4)ncc3Cl)cc2C1=O. The summed E-state index contributed by atoms with van der Waals surface area (Å²) in [5.41, 5.74) is 3.62. The molecule has 0 spiro atoms. The van der Waals surface area contributed by atoms with Crippen LogP contribution in [0.15, 0.2) is 42.7 Å². The van der Waals surface area contributed by atoms with Crippen LogP contribution in [0.1, 0.15) is 54.2 Å². The van der Waals surface area contributed by atoms with E-state index in [-0.39, 0.29) is 23.9 Å². The molecule has 43 heavy (non-hydrogen) atoms. The number of aromatic nitrogens is 3. The first kappa shape index (κ1) is 29.3. The Hall–Kier alpha value is -3.80. The third-order valence-corrected chi connectivity index (χ3v) is 8.60. The first-order valence-corrected chi connectivity index (χ1v) is 15.2. The maximum atomic E-state index is 13.5. The molecular formula is C31H36ClN7O4. The number of benzene rings is 1. The second-order valence-electron chi connectivity index (χ2n) is 11.2. The van der Waals surface area contributed by atoms with Gasteiger partial charge in [0, 0.05) is 56.2 Å². The number of morpholine rings is 1. The number of nitrogens with zero attached hydrogens (tertiary/aromatic N) is 5. The van der Waals surface area contributed by atoms with Crippen LogP contribution in [-0.2, 0) is 20.8 Å². The van der Waals surface area contributed by atoms with Crippen LogP contribution in [0.3, 0.4) is 0 Å². The maximum Gasteiger partial charge on any atom is 0.255 e. The van der Waals surface area contributed by atoms with Crippen molar-refractivity contribution in [1.29, 1.82) is 0 Å². The second kappa shape index (κ2) is 12.8. The van der Waals surface area contributed by atoms with E-state index in [1.54, 1.807) is 24.2 Å². The van der Waals surface area contributed by atoms with E-state index in [4.69, 9.17) is 21.1 Å². The van der Waals surface area contributed by atoms with Gasteiger partial charge in [-0.1, -0.05) is 23.7 Å². The molecule has 2 saturated heterocycles.